The van der Waals surface area contributed by atoms with Gasteiger partial charge in [0, 0.05) is 11.8 Å². The minimum atomic E-state index is -0.968. The van der Waals surface area contributed by atoms with E-state index in [4.69, 9.17) is 28.8 Å². The number of benzene rings is 1. The Morgan fingerprint density at radius 1 is 0.600 bits per heavy atom. The van der Waals surface area contributed by atoms with E-state index < -0.39 is 42.8 Å². The Morgan fingerprint density at radius 2 is 1.02 bits per heavy atom. The van der Waals surface area contributed by atoms with Crippen LogP contribution in [0.3, 0.4) is 0 Å². The lowest BCUT2D eigenvalue weighted by Crippen LogP contribution is -2.24. The molecule has 4 unspecified atom stereocenters. The first kappa shape index (κ1) is 40.2. The SMILES string of the molecule is COC(=O)OCC(C)OC(=O)OCC(C)CC(=O)O.COC(=O)OCC(C)OC(=O)OCC(C)CC(=O)OCc1ccccc1. The van der Waals surface area contributed by atoms with Crippen molar-refractivity contribution in [1.29, 1.82) is 0 Å². The molecule has 1 N–H and O–H groups in total. The number of esters is 1. The minimum absolute atomic E-state index is 0.00382. The van der Waals surface area contributed by atoms with E-state index in [0.29, 0.717) is 0 Å². The summed E-state index contributed by atoms with van der Waals surface area (Å²) in [4.78, 5) is 66.3. The van der Waals surface area contributed by atoms with Crippen LogP contribution in [-0.2, 0) is 58.8 Å². The Kier molecular flexibility index (Phi) is 21.2. The second kappa shape index (κ2) is 23.7. The van der Waals surface area contributed by atoms with Gasteiger partial charge in [-0.25, -0.2) is 19.2 Å². The Labute approximate surface area is 261 Å². The monoisotopic (exact) mass is 646 g/mol. The van der Waals surface area contributed by atoms with Crippen LogP contribution in [0, 0.1) is 11.8 Å². The van der Waals surface area contributed by atoms with Crippen molar-refractivity contribution in [1.82, 2.24) is 0 Å². The highest BCUT2D eigenvalue weighted by molar-refractivity contribution is 5.69. The van der Waals surface area contributed by atoms with Crippen LogP contribution < -0.4 is 0 Å². The van der Waals surface area contributed by atoms with Crippen molar-refractivity contribution in [3.63, 3.8) is 0 Å². The smallest absolute Gasteiger partial charge is 0.481 e. The molecule has 0 aliphatic rings. The van der Waals surface area contributed by atoms with Crippen molar-refractivity contribution >= 4 is 36.6 Å². The fraction of sp³-hybridized carbons (Fsp3) is 0.586. The Balaban J connectivity index is 0.000000907. The molecule has 0 spiro atoms. The number of aliphatic carboxylic acids is 1. The Morgan fingerprint density at radius 3 is 1.44 bits per heavy atom. The predicted molar refractivity (Wildman–Crippen MR) is 152 cm³/mol. The molecule has 0 radical (unpaired) electrons. The molecular formula is C29H42O16. The van der Waals surface area contributed by atoms with E-state index in [9.17, 15) is 28.8 Å². The normalized spacial score (nSPS) is 12.7. The predicted octanol–water partition coefficient (Wildman–Crippen LogP) is 4.50. The molecule has 254 valence electrons. The second-order valence-electron chi connectivity index (χ2n) is 9.67. The molecule has 1 aromatic rings. The molecule has 0 aliphatic carbocycles. The lowest BCUT2D eigenvalue weighted by Gasteiger charge is -2.15. The molecule has 16 nitrogen and oxygen atoms in total. The first-order valence-electron chi connectivity index (χ1n) is 13.7. The van der Waals surface area contributed by atoms with Crippen molar-refractivity contribution in [2.24, 2.45) is 11.8 Å². The fourth-order valence-corrected chi connectivity index (χ4v) is 2.87. The van der Waals surface area contributed by atoms with Gasteiger partial charge in [0.25, 0.3) is 0 Å². The second-order valence-corrected chi connectivity index (χ2v) is 9.67. The van der Waals surface area contributed by atoms with Gasteiger partial charge in [-0.1, -0.05) is 44.2 Å². The summed E-state index contributed by atoms with van der Waals surface area (Å²) in [7, 11) is 2.33. The average molecular weight is 647 g/mol. The van der Waals surface area contributed by atoms with E-state index in [2.05, 4.69) is 18.9 Å². The summed E-state index contributed by atoms with van der Waals surface area (Å²) < 4.78 is 42.2. The quantitative estimate of drug-likeness (QED) is 0.194. The molecule has 0 saturated carbocycles. The number of methoxy groups -OCH3 is 2. The zero-order valence-electron chi connectivity index (χ0n) is 26.2. The minimum Gasteiger partial charge on any atom is -0.481 e. The number of carbonyl (C=O) groups excluding carboxylic acids is 5. The van der Waals surface area contributed by atoms with Gasteiger partial charge in [0.1, 0.15) is 32.0 Å². The summed E-state index contributed by atoms with van der Waals surface area (Å²) >= 11 is 0. The van der Waals surface area contributed by atoms with Crippen molar-refractivity contribution in [2.45, 2.75) is 59.4 Å². The third-order valence-corrected chi connectivity index (χ3v) is 5.05. The summed E-state index contributed by atoms with van der Waals surface area (Å²) in [6, 6.07) is 9.33. The van der Waals surface area contributed by atoms with E-state index in [1.165, 1.54) is 21.0 Å². The Bertz CT molecular complexity index is 1040. The van der Waals surface area contributed by atoms with Crippen LogP contribution in [-0.4, -0.2) is 94.5 Å². The van der Waals surface area contributed by atoms with Gasteiger partial charge in [-0.2, -0.15) is 0 Å². The van der Waals surface area contributed by atoms with Crippen molar-refractivity contribution < 1.29 is 76.5 Å². The van der Waals surface area contributed by atoms with Crippen molar-refractivity contribution in [2.75, 3.05) is 40.6 Å². The van der Waals surface area contributed by atoms with Gasteiger partial charge in [0.15, 0.2) is 0 Å². The molecule has 0 aromatic heterocycles. The van der Waals surface area contributed by atoms with Gasteiger partial charge in [-0.3, -0.25) is 9.59 Å². The standard InChI is InChI=1S/C18H24O8.C11H18O8/c1-13(9-16(19)23-12-15-7-5-4-6-8-15)10-24-18(21)26-14(2)11-25-17(20)22-3;1-7(4-9(12)13)5-17-11(15)19-8(2)6-18-10(14)16-3/h4-8,13-14H,9-12H2,1-3H3;7-8H,4-6H2,1-3H3,(H,12,13). The molecule has 4 atom stereocenters. The summed E-state index contributed by atoms with van der Waals surface area (Å²) in [6.45, 7) is 6.26. The third kappa shape index (κ3) is 23.4. The molecule has 0 amide bonds. The highest BCUT2D eigenvalue weighted by atomic mass is 16.8. The zero-order chi connectivity index (χ0) is 34.2. The lowest BCUT2D eigenvalue weighted by atomic mass is 10.1. The van der Waals surface area contributed by atoms with Crippen LogP contribution in [0.1, 0.15) is 46.1 Å². The molecule has 0 fully saturated rings. The van der Waals surface area contributed by atoms with Gasteiger partial charge in [0.05, 0.1) is 40.3 Å². The number of carboxylic acids is 1. The number of rotatable bonds is 16. The van der Waals surface area contributed by atoms with Gasteiger partial charge >= 0.3 is 36.6 Å². The molecule has 0 aliphatic heterocycles. The summed E-state index contributed by atoms with van der Waals surface area (Å²) in [5.41, 5.74) is 0.900. The maximum Gasteiger partial charge on any atom is 0.508 e. The molecule has 1 rings (SSSR count). The number of carboxylic acid groups (broad SMARTS) is 1. The van der Waals surface area contributed by atoms with Crippen LogP contribution >= 0.6 is 0 Å². The van der Waals surface area contributed by atoms with Crippen LogP contribution in [0.5, 0.6) is 0 Å². The van der Waals surface area contributed by atoms with Gasteiger partial charge in [-0.05, 0) is 19.4 Å². The highest BCUT2D eigenvalue weighted by Gasteiger charge is 2.18. The van der Waals surface area contributed by atoms with E-state index >= 15 is 0 Å². The lowest BCUT2D eigenvalue weighted by molar-refractivity contribution is -0.146. The summed E-state index contributed by atoms with van der Waals surface area (Å²) in [5.74, 6) is -1.89. The molecule has 45 heavy (non-hydrogen) atoms. The first-order chi connectivity index (χ1) is 21.2. The summed E-state index contributed by atoms with van der Waals surface area (Å²) in [5, 5.41) is 8.51. The topological polar surface area (TPSA) is 206 Å². The molecule has 16 heteroatoms. The highest BCUT2D eigenvalue weighted by Crippen LogP contribution is 2.09. The maximum atomic E-state index is 11.8. The van der Waals surface area contributed by atoms with Gasteiger partial charge in [-0.15, -0.1) is 0 Å². The Hall–Kier alpha value is -4.76. The molecule has 1 aromatic carbocycles. The third-order valence-electron chi connectivity index (χ3n) is 5.05. The number of carbonyl (C=O) groups is 6. The molecular weight excluding hydrogens is 604 g/mol. The zero-order valence-corrected chi connectivity index (χ0v) is 26.2. The van der Waals surface area contributed by atoms with Crippen LogP contribution in [0.15, 0.2) is 30.3 Å². The number of ether oxygens (including phenoxy) is 9. The van der Waals surface area contributed by atoms with Gasteiger partial charge < -0.3 is 47.7 Å². The van der Waals surface area contributed by atoms with Crippen LogP contribution in [0.2, 0.25) is 0 Å². The number of hydrogen-bond acceptors (Lipinski definition) is 15. The average Bonchev–Trinajstić information content (AvgIpc) is 2.99. The molecule has 0 heterocycles. The molecule has 0 saturated heterocycles. The van der Waals surface area contributed by atoms with Crippen LogP contribution in [0.4, 0.5) is 19.2 Å². The van der Waals surface area contributed by atoms with E-state index in [1.54, 1.807) is 13.8 Å². The molecule has 0 bridgehead atoms. The largest absolute Gasteiger partial charge is 0.508 e. The number of hydrogen-bond donors (Lipinski definition) is 1. The van der Waals surface area contributed by atoms with E-state index in [1.807, 2.05) is 30.3 Å². The van der Waals surface area contributed by atoms with Crippen molar-refractivity contribution in [3.8, 4) is 0 Å². The first-order valence-corrected chi connectivity index (χ1v) is 13.7. The van der Waals surface area contributed by atoms with Crippen LogP contribution in [0.25, 0.3) is 0 Å². The van der Waals surface area contributed by atoms with E-state index in [0.717, 1.165) is 12.7 Å². The van der Waals surface area contributed by atoms with E-state index in [-0.39, 0.29) is 63.7 Å². The van der Waals surface area contributed by atoms with Gasteiger partial charge in [0.2, 0.25) is 0 Å². The summed E-state index contributed by atoms with van der Waals surface area (Å²) in [6.07, 6.45) is -4.96. The van der Waals surface area contributed by atoms with Crippen molar-refractivity contribution in [3.05, 3.63) is 35.9 Å². The maximum absolute atomic E-state index is 11.8. The fourth-order valence-electron chi connectivity index (χ4n) is 2.87.